The molecule has 2 N–H and O–H groups in total. The zero-order valence-corrected chi connectivity index (χ0v) is 17.8. The molecule has 0 aromatic carbocycles. The number of halogens is 3. The molecule has 0 bridgehead atoms. The normalized spacial score (nSPS) is 16.6. The summed E-state index contributed by atoms with van der Waals surface area (Å²) in [6.45, 7) is 6.60. The highest BCUT2D eigenvalue weighted by Gasteiger charge is 2.38. The predicted octanol–water partition coefficient (Wildman–Crippen LogP) is 2.78. The lowest BCUT2D eigenvalue weighted by Crippen LogP contribution is -2.44. The fourth-order valence-electron chi connectivity index (χ4n) is 3.12. The van der Waals surface area contributed by atoms with Crippen molar-refractivity contribution in [1.29, 1.82) is 0 Å². The summed E-state index contributed by atoms with van der Waals surface area (Å²) in [4.78, 5) is 29.7. The fourth-order valence-corrected chi connectivity index (χ4v) is 3.83. The van der Waals surface area contributed by atoms with E-state index in [-0.39, 0.29) is 11.8 Å². The molecule has 1 amide bonds. The van der Waals surface area contributed by atoms with Gasteiger partial charge in [0.15, 0.2) is 0 Å². The van der Waals surface area contributed by atoms with Crippen LogP contribution in [0.25, 0.3) is 0 Å². The number of rotatable bonds is 5. The van der Waals surface area contributed by atoms with Gasteiger partial charge in [-0.05, 0) is 31.7 Å². The average Bonchev–Trinajstić information content (AvgIpc) is 3.30. The summed E-state index contributed by atoms with van der Waals surface area (Å²) in [6, 6.07) is 4.56. The van der Waals surface area contributed by atoms with E-state index in [0.717, 1.165) is 30.9 Å². The van der Waals surface area contributed by atoms with Gasteiger partial charge in [-0.1, -0.05) is 6.07 Å². The first-order valence-corrected chi connectivity index (χ1v) is 10.2. The molecule has 0 saturated heterocycles. The van der Waals surface area contributed by atoms with Gasteiger partial charge in [0.25, 0.3) is 0 Å². The van der Waals surface area contributed by atoms with E-state index in [2.05, 4.69) is 40.5 Å². The van der Waals surface area contributed by atoms with E-state index in [9.17, 15) is 18.0 Å². The third-order valence-electron chi connectivity index (χ3n) is 4.70. The lowest BCUT2D eigenvalue weighted by Gasteiger charge is -2.34. The van der Waals surface area contributed by atoms with Crippen LogP contribution in [-0.2, 0) is 29.6 Å². The molecule has 3 rings (SSSR count). The molecule has 11 heteroatoms. The molecule has 166 valence electrons. The number of carbonyl (C=O) groups excluding carboxylic acids is 1. The number of nitrogens with zero attached hydrogens (tertiary/aromatic N) is 3. The highest BCUT2D eigenvalue weighted by molar-refractivity contribution is 7.09. The molecule has 1 aliphatic heterocycles. The van der Waals surface area contributed by atoms with Gasteiger partial charge < -0.3 is 15.0 Å². The number of carboxylic acid groups (broad SMARTS) is 1. The Balaban J connectivity index is 0.000000396. The highest BCUT2D eigenvalue weighted by atomic mass is 32.1. The average molecular weight is 446 g/mol. The van der Waals surface area contributed by atoms with Crippen LogP contribution < -0.4 is 5.32 Å². The lowest BCUT2D eigenvalue weighted by molar-refractivity contribution is -0.192. The number of fused-ring (bicyclic) bond motifs is 1. The quantitative estimate of drug-likeness (QED) is 0.738. The zero-order valence-electron chi connectivity index (χ0n) is 16.9. The van der Waals surface area contributed by atoms with Crippen molar-refractivity contribution >= 4 is 23.2 Å². The van der Waals surface area contributed by atoms with Crippen molar-refractivity contribution in [3.05, 3.63) is 40.1 Å². The Bertz CT molecular complexity index is 850. The summed E-state index contributed by atoms with van der Waals surface area (Å²) in [5.74, 6) is -2.79. The molecule has 30 heavy (non-hydrogen) atoms. The Hall–Kier alpha value is -2.40. The molecule has 0 fully saturated rings. The van der Waals surface area contributed by atoms with E-state index in [1.807, 2.05) is 24.0 Å². The maximum Gasteiger partial charge on any atom is 0.490 e. The van der Waals surface area contributed by atoms with Crippen LogP contribution in [0.4, 0.5) is 13.2 Å². The van der Waals surface area contributed by atoms with Crippen molar-refractivity contribution in [2.45, 2.75) is 44.9 Å². The summed E-state index contributed by atoms with van der Waals surface area (Å²) >= 11 is 1.73. The summed E-state index contributed by atoms with van der Waals surface area (Å²) in [7, 11) is 1.97. The van der Waals surface area contributed by atoms with Crippen molar-refractivity contribution in [1.82, 2.24) is 19.8 Å². The Morgan fingerprint density at radius 2 is 2.07 bits per heavy atom. The van der Waals surface area contributed by atoms with E-state index >= 15 is 0 Å². The molecule has 2 aromatic heterocycles. The van der Waals surface area contributed by atoms with E-state index in [0.29, 0.717) is 12.6 Å². The van der Waals surface area contributed by atoms with Crippen LogP contribution in [-0.4, -0.2) is 56.7 Å². The number of alkyl halides is 3. The van der Waals surface area contributed by atoms with Gasteiger partial charge in [0.2, 0.25) is 5.91 Å². The molecule has 0 radical (unpaired) electrons. The molecule has 0 saturated carbocycles. The highest BCUT2D eigenvalue weighted by Crippen LogP contribution is 2.28. The maximum atomic E-state index is 12.7. The number of imidazole rings is 1. The van der Waals surface area contributed by atoms with E-state index in [4.69, 9.17) is 9.90 Å². The first-order chi connectivity index (χ1) is 14.0. The minimum absolute atomic E-state index is 0.108. The third-order valence-corrected chi connectivity index (χ3v) is 5.64. The number of carbonyl (C=O) groups is 2. The molecular weight excluding hydrogens is 421 g/mol. The van der Waals surface area contributed by atoms with Crippen LogP contribution in [0, 0.1) is 0 Å². The number of aliphatic carboxylic acids is 1. The van der Waals surface area contributed by atoms with Gasteiger partial charge in [-0.3, -0.25) is 9.69 Å². The molecule has 3 heterocycles. The van der Waals surface area contributed by atoms with Crippen molar-refractivity contribution in [3.63, 3.8) is 0 Å². The Labute approximate surface area is 176 Å². The van der Waals surface area contributed by atoms with Crippen LogP contribution in [0.15, 0.2) is 23.8 Å². The second-order valence-corrected chi connectivity index (χ2v) is 8.22. The second kappa shape index (κ2) is 10.1. The van der Waals surface area contributed by atoms with Crippen LogP contribution in [0.3, 0.4) is 0 Å². The third kappa shape index (κ3) is 6.30. The first kappa shape index (κ1) is 23.9. The summed E-state index contributed by atoms with van der Waals surface area (Å²) in [5.41, 5.74) is 2.10. The topological polar surface area (TPSA) is 87.5 Å². The van der Waals surface area contributed by atoms with Crippen LogP contribution in [0.2, 0.25) is 0 Å². The Kier molecular flexibility index (Phi) is 8.02. The molecule has 1 aliphatic rings. The fraction of sp³-hybridized carbons (Fsp3) is 0.526. The monoisotopic (exact) mass is 446 g/mol. The number of thiophene rings is 1. The standard InChI is InChI=1S/C17H24N4OS.C2HF3O2/c1-12(2)21-9-14(16-15(10-21)19-11-20(16)3)17(22)18-7-6-13-5-4-8-23-13;3-2(4,5)1(6)7/h4-5,8,11-12,14H,6-7,9-10H2,1-3H3,(H,18,22);(H,6,7). The number of hydrogen-bond donors (Lipinski definition) is 2. The summed E-state index contributed by atoms with van der Waals surface area (Å²) < 4.78 is 33.7. The number of amides is 1. The van der Waals surface area contributed by atoms with Gasteiger partial charge in [-0.15, -0.1) is 11.3 Å². The number of nitrogens with one attached hydrogen (secondary N) is 1. The van der Waals surface area contributed by atoms with E-state index in [1.165, 1.54) is 4.88 Å². The molecule has 1 unspecified atom stereocenters. The SMILES string of the molecule is CC(C)N1Cc2ncn(C)c2C(C(=O)NCCc2cccs2)C1.O=C(O)C(F)(F)F. The number of carboxylic acids is 1. The minimum atomic E-state index is -5.08. The van der Waals surface area contributed by atoms with Crippen molar-refractivity contribution in [2.75, 3.05) is 13.1 Å². The number of hydrogen-bond acceptors (Lipinski definition) is 5. The van der Waals surface area contributed by atoms with E-state index < -0.39 is 12.1 Å². The molecule has 2 aromatic rings. The van der Waals surface area contributed by atoms with Gasteiger partial charge in [-0.2, -0.15) is 13.2 Å². The van der Waals surface area contributed by atoms with Gasteiger partial charge in [-0.25, -0.2) is 9.78 Å². The molecule has 1 atom stereocenters. The number of aryl methyl sites for hydroxylation is 1. The minimum Gasteiger partial charge on any atom is -0.475 e. The van der Waals surface area contributed by atoms with Gasteiger partial charge in [0, 0.05) is 37.6 Å². The largest absolute Gasteiger partial charge is 0.490 e. The van der Waals surface area contributed by atoms with Crippen molar-refractivity contribution in [3.8, 4) is 0 Å². The van der Waals surface area contributed by atoms with E-state index in [1.54, 1.807) is 11.3 Å². The molecule has 0 spiro atoms. The molecular formula is C19H25F3N4O3S. The smallest absolute Gasteiger partial charge is 0.475 e. The molecule has 7 nitrogen and oxygen atoms in total. The van der Waals surface area contributed by atoms with Crippen LogP contribution in [0.5, 0.6) is 0 Å². The maximum absolute atomic E-state index is 12.7. The van der Waals surface area contributed by atoms with Crippen LogP contribution in [0.1, 0.15) is 36.0 Å². The molecule has 0 aliphatic carbocycles. The van der Waals surface area contributed by atoms with Gasteiger partial charge >= 0.3 is 12.1 Å². The zero-order chi connectivity index (χ0) is 22.5. The number of aromatic nitrogens is 2. The van der Waals surface area contributed by atoms with Gasteiger partial charge in [0.05, 0.1) is 23.6 Å². The van der Waals surface area contributed by atoms with Crippen molar-refractivity contribution in [2.24, 2.45) is 7.05 Å². The lowest BCUT2D eigenvalue weighted by atomic mass is 9.96. The van der Waals surface area contributed by atoms with Gasteiger partial charge in [0.1, 0.15) is 0 Å². The van der Waals surface area contributed by atoms with Crippen molar-refractivity contribution < 1.29 is 27.9 Å². The first-order valence-electron chi connectivity index (χ1n) is 9.35. The second-order valence-electron chi connectivity index (χ2n) is 7.19. The Morgan fingerprint density at radius 3 is 2.60 bits per heavy atom. The van der Waals surface area contributed by atoms with Crippen LogP contribution >= 0.6 is 11.3 Å². The summed E-state index contributed by atoms with van der Waals surface area (Å²) in [6.07, 6.45) is -2.37. The summed E-state index contributed by atoms with van der Waals surface area (Å²) in [5, 5.41) is 12.3. The predicted molar refractivity (Wildman–Crippen MR) is 106 cm³/mol. The Morgan fingerprint density at radius 1 is 1.40 bits per heavy atom.